The number of hydrogen-bond donors (Lipinski definition) is 3. The van der Waals surface area contributed by atoms with Crippen LogP contribution in [0, 0.1) is 5.92 Å². The molecule has 1 saturated heterocycles. The van der Waals surface area contributed by atoms with E-state index in [-0.39, 0.29) is 30.7 Å². The van der Waals surface area contributed by atoms with Crippen molar-refractivity contribution in [2.75, 3.05) is 39.1 Å². The number of likely N-dealkylation sites (tertiary alicyclic amines) is 1. The van der Waals surface area contributed by atoms with E-state index in [9.17, 15) is 27.9 Å². The van der Waals surface area contributed by atoms with Crippen molar-refractivity contribution in [1.82, 2.24) is 10.2 Å². The number of methoxy groups -OCH3 is 1. The number of carbonyl (C=O) groups excluding carboxylic acids is 2. The third kappa shape index (κ3) is 6.71. The maximum Gasteiger partial charge on any atom is 0.430 e. The van der Waals surface area contributed by atoms with E-state index in [0.717, 1.165) is 42.0 Å². The van der Waals surface area contributed by atoms with E-state index in [1.807, 2.05) is 0 Å². The van der Waals surface area contributed by atoms with E-state index in [0.29, 0.717) is 30.0 Å². The summed E-state index contributed by atoms with van der Waals surface area (Å²) >= 11 is 6.17. The SMILES string of the molecule is CNC(=O)c1ccc(NCCCCC2CCN(C(=O)[C@](O)(c3cccc(OC)c3)C(F)(F)F)CC2)cc1Cl. The van der Waals surface area contributed by atoms with Gasteiger partial charge in [0.25, 0.3) is 17.4 Å². The van der Waals surface area contributed by atoms with Gasteiger partial charge in [-0.05, 0) is 55.5 Å². The molecule has 1 aliphatic rings. The quantitative estimate of drug-likeness (QED) is 0.360. The van der Waals surface area contributed by atoms with Gasteiger partial charge < -0.3 is 25.4 Å². The zero-order valence-corrected chi connectivity index (χ0v) is 22.2. The van der Waals surface area contributed by atoms with Gasteiger partial charge in [0.15, 0.2) is 0 Å². The first-order valence-electron chi connectivity index (χ1n) is 12.5. The first kappa shape index (κ1) is 29.6. The first-order valence-corrected chi connectivity index (χ1v) is 12.9. The number of anilines is 1. The Morgan fingerprint density at radius 2 is 1.84 bits per heavy atom. The van der Waals surface area contributed by atoms with Crippen LogP contribution < -0.4 is 15.4 Å². The van der Waals surface area contributed by atoms with E-state index < -0.39 is 23.2 Å². The lowest BCUT2D eigenvalue weighted by Crippen LogP contribution is -2.57. The van der Waals surface area contributed by atoms with Crippen LogP contribution in [-0.2, 0) is 10.4 Å². The van der Waals surface area contributed by atoms with Crippen LogP contribution >= 0.6 is 11.6 Å². The number of aliphatic hydroxyl groups is 1. The van der Waals surface area contributed by atoms with E-state index in [1.54, 1.807) is 18.2 Å². The molecule has 0 bridgehead atoms. The molecule has 0 unspecified atom stereocenters. The number of piperidine rings is 1. The number of halogens is 4. The fourth-order valence-electron chi connectivity index (χ4n) is 4.64. The van der Waals surface area contributed by atoms with Crippen LogP contribution in [-0.4, -0.2) is 61.8 Å². The lowest BCUT2D eigenvalue weighted by Gasteiger charge is -2.38. The first-order chi connectivity index (χ1) is 18.0. The standard InChI is InChI=1S/C27H33ClF3N3O4/c1-32-24(35)22-10-9-20(17-23(22)28)33-13-4-3-6-18-11-14-34(15-12-18)25(36)26(37,27(29,30)31)19-7-5-8-21(16-19)38-2/h5,7-10,16-18,33,37H,3-4,6,11-15H2,1-2H3,(H,32,35)/t26-/m1/s1. The van der Waals surface area contributed by atoms with Crippen molar-refractivity contribution in [3.8, 4) is 5.75 Å². The number of nitrogens with one attached hydrogen (secondary N) is 2. The number of alkyl halides is 3. The fraction of sp³-hybridized carbons (Fsp3) is 0.481. The minimum atomic E-state index is -5.19. The number of rotatable bonds is 10. The van der Waals surface area contributed by atoms with Crippen molar-refractivity contribution < 1.29 is 32.6 Å². The summed E-state index contributed by atoms with van der Waals surface area (Å²) in [7, 11) is 2.84. The summed E-state index contributed by atoms with van der Waals surface area (Å²) in [6.45, 7) is 1.01. The smallest absolute Gasteiger partial charge is 0.430 e. The number of amides is 2. The average Bonchev–Trinajstić information content (AvgIpc) is 2.91. The molecule has 3 N–H and O–H groups in total. The highest BCUT2D eigenvalue weighted by molar-refractivity contribution is 6.34. The van der Waals surface area contributed by atoms with Crippen LogP contribution in [0.4, 0.5) is 18.9 Å². The van der Waals surface area contributed by atoms with Gasteiger partial charge in [-0.25, -0.2) is 0 Å². The number of unbranched alkanes of at least 4 members (excludes halogenated alkanes) is 1. The summed E-state index contributed by atoms with van der Waals surface area (Å²) in [6, 6.07) is 10.0. The molecule has 2 aromatic carbocycles. The molecule has 0 radical (unpaired) electrons. The van der Waals surface area contributed by atoms with Gasteiger partial charge in [0.2, 0.25) is 0 Å². The Hall–Kier alpha value is -2.98. The predicted octanol–water partition coefficient (Wildman–Crippen LogP) is 4.98. The van der Waals surface area contributed by atoms with Crippen molar-refractivity contribution in [3.63, 3.8) is 0 Å². The second-order valence-electron chi connectivity index (χ2n) is 9.37. The van der Waals surface area contributed by atoms with Gasteiger partial charge in [-0.15, -0.1) is 0 Å². The van der Waals surface area contributed by atoms with Crippen LogP contribution in [0.15, 0.2) is 42.5 Å². The Bertz CT molecular complexity index is 1120. The molecule has 3 rings (SSSR count). The van der Waals surface area contributed by atoms with Gasteiger partial charge in [-0.2, -0.15) is 13.2 Å². The largest absolute Gasteiger partial charge is 0.497 e. The average molecular weight is 556 g/mol. The number of ether oxygens (including phenoxy) is 1. The summed E-state index contributed by atoms with van der Waals surface area (Å²) < 4.78 is 47.0. The molecule has 1 aliphatic heterocycles. The van der Waals surface area contributed by atoms with Gasteiger partial charge in [-0.1, -0.05) is 36.6 Å². The second kappa shape index (κ2) is 12.7. The molecule has 38 heavy (non-hydrogen) atoms. The molecule has 2 aromatic rings. The summed E-state index contributed by atoms with van der Waals surface area (Å²) in [5.41, 5.74) is -2.99. The molecule has 208 valence electrons. The maximum absolute atomic E-state index is 14.0. The summed E-state index contributed by atoms with van der Waals surface area (Å²) in [5, 5.41) is 16.9. The van der Waals surface area contributed by atoms with Crippen LogP contribution in [0.3, 0.4) is 0 Å². The normalized spacial score (nSPS) is 16.0. The van der Waals surface area contributed by atoms with Crippen molar-refractivity contribution in [2.24, 2.45) is 5.92 Å². The monoisotopic (exact) mass is 555 g/mol. The van der Waals surface area contributed by atoms with Crippen LogP contribution in [0.5, 0.6) is 5.75 Å². The van der Waals surface area contributed by atoms with Gasteiger partial charge in [-0.3, -0.25) is 9.59 Å². The van der Waals surface area contributed by atoms with Crippen molar-refractivity contribution >= 4 is 29.1 Å². The van der Waals surface area contributed by atoms with Gasteiger partial charge in [0, 0.05) is 37.9 Å². The minimum Gasteiger partial charge on any atom is -0.497 e. The summed E-state index contributed by atoms with van der Waals surface area (Å²) in [4.78, 5) is 25.8. The van der Waals surface area contributed by atoms with Crippen molar-refractivity contribution in [3.05, 3.63) is 58.6 Å². The molecule has 1 fully saturated rings. The molecule has 1 heterocycles. The van der Waals surface area contributed by atoms with Gasteiger partial charge >= 0.3 is 6.18 Å². The Morgan fingerprint density at radius 1 is 1.13 bits per heavy atom. The number of nitrogens with zero attached hydrogens (tertiary/aromatic N) is 1. The Labute approximate surface area is 225 Å². The van der Waals surface area contributed by atoms with Crippen molar-refractivity contribution in [2.45, 2.75) is 43.9 Å². The third-order valence-electron chi connectivity index (χ3n) is 6.92. The number of benzene rings is 2. The van der Waals surface area contributed by atoms with Gasteiger partial charge in [0.1, 0.15) is 5.75 Å². The zero-order valence-electron chi connectivity index (χ0n) is 21.4. The molecular weight excluding hydrogens is 523 g/mol. The summed E-state index contributed by atoms with van der Waals surface area (Å²) in [6.07, 6.45) is -1.38. The Morgan fingerprint density at radius 3 is 2.45 bits per heavy atom. The van der Waals surface area contributed by atoms with E-state index in [4.69, 9.17) is 16.3 Å². The minimum absolute atomic E-state index is 0.121. The number of hydrogen-bond acceptors (Lipinski definition) is 5. The Kier molecular flexibility index (Phi) is 9.89. The summed E-state index contributed by atoms with van der Waals surface area (Å²) in [5.74, 6) is -1.20. The highest BCUT2D eigenvalue weighted by atomic mass is 35.5. The van der Waals surface area contributed by atoms with Crippen LogP contribution in [0.1, 0.15) is 48.0 Å². The topological polar surface area (TPSA) is 90.9 Å². The molecule has 0 aromatic heterocycles. The lowest BCUT2D eigenvalue weighted by atomic mass is 9.87. The molecular formula is C27H33ClF3N3O4. The van der Waals surface area contributed by atoms with Crippen molar-refractivity contribution in [1.29, 1.82) is 0 Å². The zero-order chi connectivity index (χ0) is 27.9. The van der Waals surface area contributed by atoms with Crippen LogP contribution in [0.25, 0.3) is 0 Å². The molecule has 7 nitrogen and oxygen atoms in total. The van der Waals surface area contributed by atoms with E-state index >= 15 is 0 Å². The maximum atomic E-state index is 14.0. The fourth-order valence-corrected chi connectivity index (χ4v) is 4.91. The molecule has 0 saturated carbocycles. The third-order valence-corrected chi connectivity index (χ3v) is 7.23. The highest BCUT2D eigenvalue weighted by Crippen LogP contribution is 2.42. The van der Waals surface area contributed by atoms with E-state index in [2.05, 4.69) is 10.6 Å². The van der Waals surface area contributed by atoms with Gasteiger partial charge in [0.05, 0.1) is 17.7 Å². The lowest BCUT2D eigenvalue weighted by molar-refractivity contribution is -0.262. The molecule has 2 amide bonds. The Balaban J connectivity index is 1.48. The van der Waals surface area contributed by atoms with Crippen LogP contribution in [0.2, 0.25) is 5.02 Å². The second-order valence-corrected chi connectivity index (χ2v) is 9.78. The molecule has 0 aliphatic carbocycles. The highest BCUT2D eigenvalue weighted by Gasteiger charge is 2.62. The number of carbonyl (C=O) groups is 2. The predicted molar refractivity (Wildman–Crippen MR) is 139 cm³/mol. The molecule has 11 heteroatoms. The molecule has 0 spiro atoms. The molecule has 1 atom stereocenters. The van der Waals surface area contributed by atoms with E-state index in [1.165, 1.54) is 26.3 Å².